The van der Waals surface area contributed by atoms with Crippen molar-refractivity contribution in [3.8, 4) is 0 Å². The predicted octanol–water partition coefficient (Wildman–Crippen LogP) is 1.46. The maximum Gasteiger partial charge on any atom is 0.162 e. The van der Waals surface area contributed by atoms with E-state index in [4.69, 9.17) is 0 Å². The molecular weight excluding hydrogens is 100 g/mol. The van der Waals surface area contributed by atoms with E-state index in [-0.39, 0.29) is 5.78 Å². The van der Waals surface area contributed by atoms with Gasteiger partial charge in [-0.05, 0) is 12.0 Å². The number of Topliss-reactive ketones (excluding diaryl/α,β-unsaturated/α-hetero) is 1. The summed E-state index contributed by atoms with van der Waals surface area (Å²) in [5.41, 5.74) is 1.54. The number of hydrogen-bond donors (Lipinski definition) is 0. The van der Waals surface area contributed by atoms with Crippen LogP contribution < -0.4 is 0 Å². The van der Waals surface area contributed by atoms with E-state index < -0.39 is 0 Å². The van der Waals surface area contributed by atoms with Crippen LogP contribution in [0.3, 0.4) is 0 Å². The molecule has 0 spiro atoms. The highest BCUT2D eigenvalue weighted by Crippen LogP contribution is 2.22. The topological polar surface area (TPSA) is 17.1 Å². The van der Waals surface area contributed by atoms with Crippen LogP contribution in [-0.2, 0) is 4.79 Å². The Morgan fingerprint density at radius 2 is 1.88 bits per heavy atom. The minimum atomic E-state index is 0.162. The van der Waals surface area contributed by atoms with Crippen molar-refractivity contribution in [1.29, 1.82) is 0 Å². The zero-order valence-electron chi connectivity index (χ0n) is 4.74. The number of allylic oxidation sites excluding steroid dienone is 2. The summed E-state index contributed by atoms with van der Waals surface area (Å²) in [6, 6.07) is 0. The van der Waals surface area contributed by atoms with Gasteiger partial charge in [0.05, 0.1) is 0 Å². The summed E-state index contributed by atoms with van der Waals surface area (Å²) >= 11 is 0. The van der Waals surface area contributed by atoms with Gasteiger partial charge in [-0.3, -0.25) is 4.79 Å². The second-order valence-electron chi connectivity index (χ2n) is 2.01. The molecule has 1 aliphatic carbocycles. The molecular formula is C7H8O. The van der Waals surface area contributed by atoms with Gasteiger partial charge in [-0.2, -0.15) is 0 Å². The van der Waals surface area contributed by atoms with Crippen molar-refractivity contribution in [2.45, 2.75) is 12.8 Å². The van der Waals surface area contributed by atoms with Gasteiger partial charge in [0.1, 0.15) is 0 Å². The summed E-state index contributed by atoms with van der Waals surface area (Å²) in [5, 5.41) is 0. The Balaban J connectivity index is 2.86. The first kappa shape index (κ1) is 5.29. The summed E-state index contributed by atoms with van der Waals surface area (Å²) < 4.78 is 0. The second kappa shape index (κ2) is 1.58. The van der Waals surface area contributed by atoms with Gasteiger partial charge in [-0.1, -0.05) is 13.2 Å². The van der Waals surface area contributed by atoms with E-state index in [0.29, 0.717) is 12.0 Å². The molecule has 1 heteroatoms. The van der Waals surface area contributed by atoms with Gasteiger partial charge in [0.15, 0.2) is 5.78 Å². The van der Waals surface area contributed by atoms with Gasteiger partial charge < -0.3 is 0 Å². The summed E-state index contributed by atoms with van der Waals surface area (Å²) in [5.74, 6) is 0.162. The number of ketones is 1. The summed E-state index contributed by atoms with van der Waals surface area (Å²) in [6.07, 6.45) is 1.44. The fourth-order valence-corrected chi connectivity index (χ4v) is 0.763. The van der Waals surface area contributed by atoms with Gasteiger partial charge in [0, 0.05) is 12.0 Å². The summed E-state index contributed by atoms with van der Waals surface area (Å²) in [6.45, 7) is 7.23. The van der Waals surface area contributed by atoms with Crippen molar-refractivity contribution in [2.24, 2.45) is 0 Å². The zero-order valence-corrected chi connectivity index (χ0v) is 4.74. The van der Waals surface area contributed by atoms with Crippen LogP contribution in [0.2, 0.25) is 0 Å². The highest BCUT2D eigenvalue weighted by atomic mass is 16.1. The van der Waals surface area contributed by atoms with E-state index in [2.05, 4.69) is 13.2 Å². The minimum Gasteiger partial charge on any atom is -0.294 e. The van der Waals surface area contributed by atoms with E-state index >= 15 is 0 Å². The highest BCUT2D eigenvalue weighted by Gasteiger charge is 2.17. The molecule has 1 fully saturated rings. The maximum atomic E-state index is 10.6. The van der Waals surface area contributed by atoms with Crippen LogP contribution in [0.4, 0.5) is 0 Å². The van der Waals surface area contributed by atoms with Crippen molar-refractivity contribution >= 4 is 5.78 Å². The maximum absolute atomic E-state index is 10.6. The first-order valence-corrected chi connectivity index (χ1v) is 2.62. The van der Waals surface area contributed by atoms with Crippen LogP contribution >= 0.6 is 0 Å². The van der Waals surface area contributed by atoms with Gasteiger partial charge in [0.2, 0.25) is 0 Å². The fourth-order valence-electron chi connectivity index (χ4n) is 0.763. The highest BCUT2D eigenvalue weighted by molar-refractivity contribution is 6.01. The molecule has 1 aliphatic rings. The molecule has 0 N–H and O–H groups in total. The summed E-state index contributed by atoms with van der Waals surface area (Å²) in [7, 11) is 0. The van der Waals surface area contributed by atoms with Gasteiger partial charge in [-0.15, -0.1) is 0 Å². The van der Waals surface area contributed by atoms with Crippen LogP contribution in [0.5, 0.6) is 0 Å². The Bertz CT molecular complexity index is 147. The lowest BCUT2D eigenvalue weighted by molar-refractivity contribution is -0.114. The quantitative estimate of drug-likeness (QED) is 0.429. The predicted molar refractivity (Wildman–Crippen MR) is 32.5 cm³/mol. The first-order valence-electron chi connectivity index (χ1n) is 2.62. The van der Waals surface area contributed by atoms with Crippen LogP contribution in [-0.4, -0.2) is 5.78 Å². The smallest absolute Gasteiger partial charge is 0.162 e. The monoisotopic (exact) mass is 108 g/mol. The summed E-state index contributed by atoms with van der Waals surface area (Å²) in [4.78, 5) is 10.6. The van der Waals surface area contributed by atoms with Crippen molar-refractivity contribution in [1.82, 2.24) is 0 Å². The molecule has 1 saturated carbocycles. The average Bonchev–Trinajstić information content (AvgIpc) is 1.98. The molecule has 0 unspecified atom stereocenters. The minimum absolute atomic E-state index is 0.162. The Morgan fingerprint density at radius 1 is 1.25 bits per heavy atom. The number of carbonyl (C=O) groups excluding carboxylic acids is 1. The molecule has 0 aliphatic heterocycles. The Labute approximate surface area is 48.7 Å². The molecule has 0 heterocycles. The van der Waals surface area contributed by atoms with Gasteiger partial charge in [-0.25, -0.2) is 0 Å². The molecule has 0 atom stereocenters. The number of carbonyl (C=O) groups is 1. The SMILES string of the molecule is C=C1CCC(=O)C1=C. The third-order valence-electron chi connectivity index (χ3n) is 1.42. The molecule has 0 amide bonds. The molecule has 1 nitrogen and oxygen atoms in total. The van der Waals surface area contributed by atoms with Crippen molar-refractivity contribution in [3.05, 3.63) is 24.3 Å². The normalized spacial score (nSPS) is 20.2. The van der Waals surface area contributed by atoms with E-state index in [1.807, 2.05) is 0 Å². The molecule has 1 rings (SSSR count). The van der Waals surface area contributed by atoms with Crippen molar-refractivity contribution in [3.63, 3.8) is 0 Å². The lowest BCUT2D eigenvalue weighted by Gasteiger charge is -1.86. The number of hydrogen-bond acceptors (Lipinski definition) is 1. The average molecular weight is 108 g/mol. The number of rotatable bonds is 0. The fraction of sp³-hybridized carbons (Fsp3) is 0.286. The van der Waals surface area contributed by atoms with E-state index in [0.717, 1.165) is 12.0 Å². The first-order chi connectivity index (χ1) is 3.72. The van der Waals surface area contributed by atoms with Gasteiger partial charge >= 0.3 is 0 Å². The van der Waals surface area contributed by atoms with E-state index in [1.54, 1.807) is 0 Å². The molecule has 0 aromatic rings. The van der Waals surface area contributed by atoms with Gasteiger partial charge in [0.25, 0.3) is 0 Å². The molecule has 0 saturated heterocycles. The molecule has 0 bridgehead atoms. The molecule has 0 aromatic heterocycles. The molecule has 0 aromatic carbocycles. The Kier molecular flexibility index (Phi) is 1.05. The molecule has 42 valence electrons. The van der Waals surface area contributed by atoms with Crippen LogP contribution in [0, 0.1) is 0 Å². The molecule has 8 heavy (non-hydrogen) atoms. The Morgan fingerprint density at radius 3 is 2.00 bits per heavy atom. The van der Waals surface area contributed by atoms with Crippen LogP contribution in [0.1, 0.15) is 12.8 Å². The van der Waals surface area contributed by atoms with Crippen LogP contribution in [0.15, 0.2) is 24.3 Å². The molecule has 0 radical (unpaired) electrons. The Hall–Kier alpha value is -0.850. The lowest BCUT2D eigenvalue weighted by atomic mass is 10.2. The standard InChI is InChI=1S/C7H8O/c1-5-3-4-7(8)6(5)2/h1-4H2. The zero-order chi connectivity index (χ0) is 6.15. The van der Waals surface area contributed by atoms with Crippen molar-refractivity contribution in [2.75, 3.05) is 0 Å². The lowest BCUT2D eigenvalue weighted by Crippen LogP contribution is -1.88. The van der Waals surface area contributed by atoms with Crippen LogP contribution in [0.25, 0.3) is 0 Å². The van der Waals surface area contributed by atoms with E-state index in [9.17, 15) is 4.79 Å². The third-order valence-corrected chi connectivity index (χ3v) is 1.42. The largest absolute Gasteiger partial charge is 0.294 e. The second-order valence-corrected chi connectivity index (χ2v) is 2.01. The van der Waals surface area contributed by atoms with Crippen molar-refractivity contribution < 1.29 is 4.79 Å². The third kappa shape index (κ3) is 0.601. The van der Waals surface area contributed by atoms with E-state index in [1.165, 1.54) is 0 Å².